The van der Waals surface area contributed by atoms with Crippen LogP contribution in [0.3, 0.4) is 0 Å². The molecule has 6 nitrogen and oxygen atoms in total. The van der Waals surface area contributed by atoms with Gasteiger partial charge in [0.25, 0.3) is 10.0 Å². The summed E-state index contributed by atoms with van der Waals surface area (Å²) in [5.41, 5.74) is 0.656. The summed E-state index contributed by atoms with van der Waals surface area (Å²) >= 11 is 15.1. The van der Waals surface area contributed by atoms with Gasteiger partial charge in [0.15, 0.2) is 8.32 Å². The van der Waals surface area contributed by atoms with Crippen molar-refractivity contribution in [2.75, 3.05) is 6.61 Å². The van der Waals surface area contributed by atoms with Crippen LogP contribution in [0.25, 0.3) is 10.9 Å². The molecule has 1 unspecified atom stereocenters. The molecule has 3 aromatic rings. The summed E-state index contributed by atoms with van der Waals surface area (Å²) in [5, 5.41) is 0.922. The van der Waals surface area contributed by atoms with Gasteiger partial charge in [-0.25, -0.2) is 12.4 Å². The van der Waals surface area contributed by atoms with Crippen molar-refractivity contribution in [3.8, 4) is 0 Å². The highest BCUT2D eigenvalue weighted by Gasteiger charge is 2.39. The van der Waals surface area contributed by atoms with Crippen LogP contribution < -0.4 is 4.72 Å². The third-order valence-electron chi connectivity index (χ3n) is 7.03. The van der Waals surface area contributed by atoms with Crippen LogP contribution >= 0.6 is 39.1 Å². The Hall–Kier alpha value is -0.563. The molecule has 1 N–H and O–H groups in total. The Labute approximate surface area is 255 Å². The van der Waals surface area contributed by atoms with Crippen molar-refractivity contribution in [1.29, 1.82) is 0 Å². The number of halogens is 3. The van der Waals surface area contributed by atoms with Gasteiger partial charge in [-0.15, -0.1) is 4.72 Å². The molecule has 39 heavy (non-hydrogen) atoms. The van der Waals surface area contributed by atoms with E-state index in [9.17, 15) is 13.0 Å². The van der Waals surface area contributed by atoms with E-state index < -0.39 is 40.5 Å². The van der Waals surface area contributed by atoms with Crippen LogP contribution in [0.4, 0.5) is 0 Å². The summed E-state index contributed by atoms with van der Waals surface area (Å²) in [6.45, 7) is 16.8. The summed E-state index contributed by atoms with van der Waals surface area (Å²) in [6.07, 6.45) is 0.387. The summed E-state index contributed by atoms with van der Waals surface area (Å²) in [6, 6.07) is 10.9. The lowest BCUT2D eigenvalue weighted by Gasteiger charge is -2.36. The van der Waals surface area contributed by atoms with Gasteiger partial charge in [-0.05, 0) is 69.6 Å². The topological polar surface area (TPSA) is 83.4 Å². The third-order valence-corrected chi connectivity index (χ3v) is 16.4. The second-order valence-corrected chi connectivity index (χ2v) is 22.3. The summed E-state index contributed by atoms with van der Waals surface area (Å²) in [7, 11) is -6.20. The van der Waals surface area contributed by atoms with Crippen molar-refractivity contribution in [2.24, 2.45) is 0 Å². The SMILES string of the molecule is CC(C)(C)[S@+]([O-])NC(CCO[Si](C)(C)C(C)(C)C)c1cc2c(Br)cc(Cl)c(Cl)c2n1S(=O)(=O)c1ccccc1. The predicted octanol–water partition coefficient (Wildman–Crippen LogP) is 8.45. The molecule has 0 aliphatic carbocycles. The van der Waals surface area contributed by atoms with Crippen molar-refractivity contribution >= 4 is 79.7 Å². The summed E-state index contributed by atoms with van der Waals surface area (Å²) < 4.78 is 52.6. The monoisotopic (exact) mass is 694 g/mol. The van der Waals surface area contributed by atoms with Gasteiger partial charge in [0.05, 0.1) is 32.2 Å². The molecule has 3 rings (SSSR count). The molecule has 0 aliphatic heterocycles. The molecule has 2 aromatic carbocycles. The lowest BCUT2D eigenvalue weighted by Crippen LogP contribution is -2.44. The van der Waals surface area contributed by atoms with Gasteiger partial charge < -0.3 is 8.98 Å². The first-order chi connectivity index (χ1) is 17.8. The predicted molar refractivity (Wildman–Crippen MR) is 170 cm³/mol. The standard InChI is InChI=1S/C27H37BrCl2N2O4S2Si/c1-26(2,3)37(33)31-22(14-15-36-39(7,8)27(4,5)6)23-16-19-20(28)17-21(29)24(30)25(19)32(23)38(34,35)18-12-10-9-11-13-18/h9-13,16-17,22,31H,14-15H2,1-8H3/t22?,37-/m0/s1. The van der Waals surface area contributed by atoms with E-state index in [-0.39, 0.29) is 25.5 Å². The van der Waals surface area contributed by atoms with Crippen LogP contribution in [0.1, 0.15) is 59.7 Å². The Morgan fingerprint density at radius 3 is 2.23 bits per heavy atom. The molecule has 0 amide bonds. The number of hydrogen-bond acceptors (Lipinski definition) is 5. The smallest absolute Gasteiger partial charge is 0.268 e. The van der Waals surface area contributed by atoms with Crippen LogP contribution in [0.15, 0.2) is 51.8 Å². The molecule has 1 heterocycles. The molecular formula is C27H37BrCl2N2O4S2Si. The van der Waals surface area contributed by atoms with E-state index in [1.165, 1.54) is 16.1 Å². The largest absolute Gasteiger partial charge is 0.598 e. The zero-order valence-electron chi connectivity index (χ0n) is 23.6. The van der Waals surface area contributed by atoms with Crippen LogP contribution in [0, 0.1) is 0 Å². The number of fused-ring (bicyclic) bond motifs is 1. The lowest BCUT2D eigenvalue weighted by molar-refractivity contribution is 0.267. The number of nitrogens with one attached hydrogen (secondary N) is 1. The lowest BCUT2D eigenvalue weighted by atomic mass is 10.1. The molecule has 0 saturated carbocycles. The Kier molecular flexibility index (Phi) is 10.1. The first kappa shape index (κ1) is 32.9. The van der Waals surface area contributed by atoms with Gasteiger partial charge in [-0.3, -0.25) is 0 Å². The zero-order chi connectivity index (χ0) is 29.6. The molecule has 0 spiro atoms. The molecule has 0 saturated heterocycles. The Bertz CT molecular complexity index is 1440. The maximum absolute atomic E-state index is 14.2. The van der Waals surface area contributed by atoms with Crippen LogP contribution in [0.5, 0.6) is 0 Å². The molecule has 12 heteroatoms. The Morgan fingerprint density at radius 2 is 1.69 bits per heavy atom. The van der Waals surface area contributed by atoms with Crippen molar-refractivity contribution < 1.29 is 17.4 Å². The maximum atomic E-state index is 14.2. The van der Waals surface area contributed by atoms with E-state index in [1.54, 1.807) is 30.3 Å². The van der Waals surface area contributed by atoms with E-state index in [1.807, 2.05) is 20.8 Å². The fourth-order valence-corrected chi connectivity index (χ4v) is 8.35. The molecule has 0 radical (unpaired) electrons. The Balaban J connectivity index is 2.25. The van der Waals surface area contributed by atoms with E-state index in [0.717, 1.165) is 0 Å². The minimum absolute atomic E-state index is 0.00480. The normalized spacial score (nSPS) is 15.1. The molecule has 2 atom stereocenters. The summed E-state index contributed by atoms with van der Waals surface area (Å²) in [4.78, 5) is 0.101. The highest BCUT2D eigenvalue weighted by Crippen LogP contribution is 2.42. The van der Waals surface area contributed by atoms with Gasteiger partial charge in [0.2, 0.25) is 0 Å². The third kappa shape index (κ3) is 7.09. The van der Waals surface area contributed by atoms with Gasteiger partial charge in [0.1, 0.15) is 4.75 Å². The minimum atomic E-state index is -4.12. The fourth-order valence-electron chi connectivity index (χ4n) is 3.69. The maximum Gasteiger partial charge on any atom is 0.268 e. The Morgan fingerprint density at radius 1 is 1.10 bits per heavy atom. The van der Waals surface area contributed by atoms with E-state index in [0.29, 0.717) is 28.6 Å². The minimum Gasteiger partial charge on any atom is -0.598 e. The van der Waals surface area contributed by atoms with Gasteiger partial charge in [-0.1, -0.05) is 78.1 Å². The second kappa shape index (κ2) is 12.0. The highest BCUT2D eigenvalue weighted by molar-refractivity contribution is 9.10. The fraction of sp³-hybridized carbons (Fsp3) is 0.481. The molecule has 1 aromatic heterocycles. The number of benzene rings is 2. The van der Waals surface area contributed by atoms with Crippen molar-refractivity contribution in [1.82, 2.24) is 8.69 Å². The first-order valence-electron chi connectivity index (χ1n) is 12.6. The highest BCUT2D eigenvalue weighted by atomic mass is 79.9. The van der Waals surface area contributed by atoms with Crippen LogP contribution in [-0.4, -0.2) is 36.6 Å². The van der Waals surface area contributed by atoms with E-state index in [4.69, 9.17) is 27.6 Å². The zero-order valence-corrected chi connectivity index (χ0v) is 29.3. The molecule has 0 fully saturated rings. The van der Waals surface area contributed by atoms with Gasteiger partial charge in [-0.2, -0.15) is 0 Å². The number of nitrogens with zero attached hydrogens (tertiary/aromatic N) is 1. The molecule has 0 aliphatic rings. The quantitative estimate of drug-likeness (QED) is 0.138. The van der Waals surface area contributed by atoms with Gasteiger partial charge >= 0.3 is 0 Å². The van der Waals surface area contributed by atoms with Crippen molar-refractivity contribution in [2.45, 2.75) is 81.8 Å². The van der Waals surface area contributed by atoms with Crippen LogP contribution in [-0.2, 0) is 25.8 Å². The molecular weight excluding hydrogens is 659 g/mol. The number of aromatic nitrogens is 1. The van der Waals surface area contributed by atoms with E-state index in [2.05, 4.69) is 54.5 Å². The first-order valence-corrected chi connectivity index (χ1v) is 19.6. The number of hydrogen-bond donors (Lipinski definition) is 1. The molecule has 0 bridgehead atoms. The number of rotatable bonds is 9. The van der Waals surface area contributed by atoms with Crippen molar-refractivity contribution in [3.63, 3.8) is 0 Å². The van der Waals surface area contributed by atoms with Gasteiger partial charge in [0, 0.05) is 27.8 Å². The average molecular weight is 697 g/mol. The average Bonchev–Trinajstić information content (AvgIpc) is 3.23. The van der Waals surface area contributed by atoms with E-state index >= 15 is 0 Å². The molecule has 216 valence electrons. The van der Waals surface area contributed by atoms with Crippen molar-refractivity contribution in [3.05, 3.63) is 62.7 Å². The second-order valence-electron chi connectivity index (χ2n) is 12.0. The van der Waals surface area contributed by atoms with Crippen LogP contribution in [0.2, 0.25) is 28.2 Å². The summed E-state index contributed by atoms with van der Waals surface area (Å²) in [5.74, 6) is 0.